The van der Waals surface area contributed by atoms with Gasteiger partial charge in [0, 0.05) is 6.54 Å². The summed E-state index contributed by atoms with van der Waals surface area (Å²) in [5, 5.41) is 4.38. The molecule has 2 nitrogen and oxygen atoms in total. The second-order valence-electron chi connectivity index (χ2n) is 3.96. The van der Waals surface area contributed by atoms with Crippen LogP contribution in [0.1, 0.15) is 51.6 Å². The average molecular weight is 259 g/mol. The minimum absolute atomic E-state index is 0.536. The van der Waals surface area contributed by atoms with Crippen molar-refractivity contribution in [3.63, 3.8) is 0 Å². The Balaban J connectivity index is 2.66. The van der Waals surface area contributed by atoms with Crippen LogP contribution >= 0.6 is 15.9 Å². The second-order valence-corrected chi connectivity index (χ2v) is 4.82. The Morgan fingerprint density at radius 2 is 2.14 bits per heavy atom. The Labute approximate surface area is 94.8 Å². The fourth-order valence-electron chi connectivity index (χ4n) is 1.64. The molecule has 3 heteroatoms. The van der Waals surface area contributed by atoms with E-state index in [4.69, 9.17) is 0 Å². The number of rotatable bonds is 5. The fraction of sp³-hybridized carbons (Fsp3) is 0.727. The lowest BCUT2D eigenvalue weighted by atomic mass is 10.1. The number of unbranched alkanes of at least 4 members (excludes halogenated alkanes) is 2. The third kappa shape index (κ3) is 2.84. The minimum atomic E-state index is 0.536. The highest BCUT2D eigenvalue weighted by Crippen LogP contribution is 2.24. The van der Waals surface area contributed by atoms with Gasteiger partial charge in [-0.3, -0.25) is 4.68 Å². The molecule has 0 atom stereocenters. The van der Waals surface area contributed by atoms with Gasteiger partial charge in [-0.15, -0.1) is 0 Å². The molecule has 0 aliphatic carbocycles. The summed E-state index contributed by atoms with van der Waals surface area (Å²) in [5.41, 5.74) is 1.32. The third-order valence-corrected chi connectivity index (χ3v) is 2.96. The van der Waals surface area contributed by atoms with Crippen LogP contribution in [-0.4, -0.2) is 9.78 Å². The van der Waals surface area contributed by atoms with Gasteiger partial charge in [0.25, 0.3) is 0 Å². The van der Waals surface area contributed by atoms with E-state index in [1.807, 2.05) is 6.20 Å². The number of aryl methyl sites for hydroxylation is 1. The lowest BCUT2D eigenvalue weighted by Crippen LogP contribution is -2.06. The van der Waals surface area contributed by atoms with E-state index in [-0.39, 0.29) is 0 Å². The topological polar surface area (TPSA) is 17.8 Å². The Kier molecular flexibility index (Phi) is 4.66. The van der Waals surface area contributed by atoms with Crippen LogP contribution in [0.2, 0.25) is 0 Å². The number of nitrogens with zero attached hydrogens (tertiary/aromatic N) is 2. The zero-order chi connectivity index (χ0) is 10.6. The van der Waals surface area contributed by atoms with Crippen molar-refractivity contribution in [2.75, 3.05) is 0 Å². The number of halogens is 1. The van der Waals surface area contributed by atoms with Crippen molar-refractivity contribution in [1.29, 1.82) is 0 Å². The standard InChI is InChI=1S/C11H19BrN2/c1-4-5-6-7-14-11(9(2)3)10(12)8-13-14/h8-9H,4-7H2,1-3H3. The van der Waals surface area contributed by atoms with Crippen molar-refractivity contribution in [2.24, 2.45) is 0 Å². The van der Waals surface area contributed by atoms with Gasteiger partial charge in [-0.05, 0) is 28.3 Å². The highest BCUT2D eigenvalue weighted by Gasteiger charge is 2.11. The van der Waals surface area contributed by atoms with Crippen molar-refractivity contribution >= 4 is 15.9 Å². The van der Waals surface area contributed by atoms with E-state index in [0.717, 1.165) is 11.0 Å². The third-order valence-electron chi connectivity index (χ3n) is 2.35. The highest BCUT2D eigenvalue weighted by molar-refractivity contribution is 9.10. The minimum Gasteiger partial charge on any atom is -0.268 e. The van der Waals surface area contributed by atoms with E-state index in [0.29, 0.717) is 5.92 Å². The van der Waals surface area contributed by atoms with Gasteiger partial charge >= 0.3 is 0 Å². The van der Waals surface area contributed by atoms with E-state index in [1.54, 1.807) is 0 Å². The smallest absolute Gasteiger partial charge is 0.0635 e. The molecule has 0 bridgehead atoms. The zero-order valence-corrected chi connectivity index (χ0v) is 10.8. The quantitative estimate of drug-likeness (QED) is 0.732. The van der Waals surface area contributed by atoms with Crippen LogP contribution in [0.3, 0.4) is 0 Å². The van der Waals surface area contributed by atoms with Gasteiger partial charge in [0.15, 0.2) is 0 Å². The molecule has 0 saturated heterocycles. The summed E-state index contributed by atoms with van der Waals surface area (Å²) in [4.78, 5) is 0. The molecule has 14 heavy (non-hydrogen) atoms. The molecule has 1 rings (SSSR count). The molecule has 80 valence electrons. The van der Waals surface area contributed by atoms with E-state index < -0.39 is 0 Å². The van der Waals surface area contributed by atoms with Gasteiger partial charge < -0.3 is 0 Å². The average Bonchev–Trinajstić information content (AvgIpc) is 2.47. The van der Waals surface area contributed by atoms with E-state index in [2.05, 4.69) is 46.5 Å². The lowest BCUT2D eigenvalue weighted by Gasteiger charge is -2.10. The highest BCUT2D eigenvalue weighted by atomic mass is 79.9. The first kappa shape index (κ1) is 11.8. The Bertz CT molecular complexity index is 279. The molecule has 0 spiro atoms. The number of aromatic nitrogens is 2. The van der Waals surface area contributed by atoms with Crippen LogP contribution in [0, 0.1) is 0 Å². The molecular formula is C11H19BrN2. The molecule has 0 saturated carbocycles. The van der Waals surface area contributed by atoms with Crippen LogP contribution in [-0.2, 0) is 6.54 Å². The lowest BCUT2D eigenvalue weighted by molar-refractivity contribution is 0.522. The van der Waals surface area contributed by atoms with Gasteiger partial charge in [-0.1, -0.05) is 33.6 Å². The van der Waals surface area contributed by atoms with Crippen LogP contribution in [0.15, 0.2) is 10.7 Å². The maximum Gasteiger partial charge on any atom is 0.0635 e. The first-order valence-corrected chi connectivity index (χ1v) is 6.17. The molecule has 0 amide bonds. The zero-order valence-electron chi connectivity index (χ0n) is 9.26. The Hall–Kier alpha value is -0.310. The molecule has 0 N–H and O–H groups in total. The molecular weight excluding hydrogens is 240 g/mol. The first-order chi connectivity index (χ1) is 6.66. The van der Waals surface area contributed by atoms with Crippen LogP contribution in [0.4, 0.5) is 0 Å². The molecule has 0 aromatic carbocycles. The maximum atomic E-state index is 4.38. The van der Waals surface area contributed by atoms with Crippen LogP contribution in [0.5, 0.6) is 0 Å². The monoisotopic (exact) mass is 258 g/mol. The summed E-state index contributed by atoms with van der Waals surface area (Å²) in [6.45, 7) is 7.69. The predicted molar refractivity (Wildman–Crippen MR) is 63.5 cm³/mol. The predicted octanol–water partition coefficient (Wildman–Crippen LogP) is 3.96. The SMILES string of the molecule is CCCCCn1ncc(Br)c1C(C)C. The van der Waals surface area contributed by atoms with Crippen LogP contribution in [0.25, 0.3) is 0 Å². The number of hydrogen-bond acceptors (Lipinski definition) is 1. The van der Waals surface area contributed by atoms with E-state index in [9.17, 15) is 0 Å². The van der Waals surface area contributed by atoms with Crippen molar-refractivity contribution in [3.05, 3.63) is 16.4 Å². The first-order valence-electron chi connectivity index (χ1n) is 5.38. The summed E-state index contributed by atoms with van der Waals surface area (Å²) < 4.78 is 3.27. The van der Waals surface area contributed by atoms with Gasteiger partial charge in [0.05, 0.1) is 16.4 Å². The van der Waals surface area contributed by atoms with Crippen molar-refractivity contribution in [2.45, 2.75) is 52.5 Å². The summed E-state index contributed by atoms with van der Waals surface area (Å²) >= 11 is 3.54. The van der Waals surface area contributed by atoms with Gasteiger partial charge in [0.2, 0.25) is 0 Å². The summed E-state index contributed by atoms with van der Waals surface area (Å²) in [6, 6.07) is 0. The van der Waals surface area contributed by atoms with Gasteiger partial charge in [0.1, 0.15) is 0 Å². The summed E-state index contributed by atoms with van der Waals surface area (Å²) in [5.74, 6) is 0.536. The molecule has 1 aromatic heterocycles. The van der Waals surface area contributed by atoms with Crippen LogP contribution < -0.4 is 0 Å². The molecule has 1 heterocycles. The Morgan fingerprint density at radius 3 is 2.71 bits per heavy atom. The summed E-state index contributed by atoms with van der Waals surface area (Å²) in [6.07, 6.45) is 5.68. The Morgan fingerprint density at radius 1 is 1.43 bits per heavy atom. The van der Waals surface area contributed by atoms with Crippen molar-refractivity contribution in [3.8, 4) is 0 Å². The molecule has 1 aromatic rings. The maximum absolute atomic E-state index is 4.38. The van der Waals surface area contributed by atoms with Gasteiger partial charge in [-0.2, -0.15) is 5.10 Å². The summed E-state index contributed by atoms with van der Waals surface area (Å²) in [7, 11) is 0. The van der Waals surface area contributed by atoms with E-state index >= 15 is 0 Å². The molecule has 0 radical (unpaired) electrons. The fourth-order valence-corrected chi connectivity index (χ4v) is 2.39. The normalized spacial score (nSPS) is 11.2. The molecule has 0 aliphatic rings. The van der Waals surface area contributed by atoms with Gasteiger partial charge in [-0.25, -0.2) is 0 Å². The second kappa shape index (κ2) is 5.54. The largest absolute Gasteiger partial charge is 0.268 e. The molecule has 0 fully saturated rings. The number of hydrogen-bond donors (Lipinski definition) is 0. The molecule has 0 unspecified atom stereocenters. The van der Waals surface area contributed by atoms with Crippen molar-refractivity contribution in [1.82, 2.24) is 9.78 Å². The molecule has 0 aliphatic heterocycles. The van der Waals surface area contributed by atoms with Crippen molar-refractivity contribution < 1.29 is 0 Å². The van der Waals surface area contributed by atoms with E-state index in [1.165, 1.54) is 25.0 Å².